The predicted molar refractivity (Wildman–Crippen MR) is 76.1 cm³/mol. The Morgan fingerprint density at radius 1 is 1.21 bits per heavy atom. The van der Waals surface area contributed by atoms with Crippen LogP contribution in [0.1, 0.15) is 43.6 Å². The minimum Gasteiger partial charge on any atom is -0.469 e. The molecular weight excluding hydrogens is 238 g/mol. The first-order valence-corrected chi connectivity index (χ1v) is 7.19. The molecule has 1 aromatic carbocycles. The highest BCUT2D eigenvalue weighted by molar-refractivity contribution is 5.79. The molecule has 19 heavy (non-hydrogen) atoms. The SMILES string of the molecule is COC(=O)[C@H](c1ccccc1)[C@H]1CCCCCCN1. The molecule has 1 saturated heterocycles. The molecule has 0 aromatic heterocycles. The van der Waals surface area contributed by atoms with Gasteiger partial charge in [0.05, 0.1) is 13.0 Å². The second-order valence-corrected chi connectivity index (χ2v) is 5.18. The predicted octanol–water partition coefficient (Wildman–Crippen LogP) is 2.87. The first-order chi connectivity index (χ1) is 9.33. The number of methoxy groups -OCH3 is 1. The van der Waals surface area contributed by atoms with Crippen molar-refractivity contribution in [2.75, 3.05) is 13.7 Å². The Labute approximate surface area is 115 Å². The molecule has 2 atom stereocenters. The van der Waals surface area contributed by atoms with E-state index in [0.29, 0.717) is 0 Å². The van der Waals surface area contributed by atoms with Crippen molar-refractivity contribution in [1.29, 1.82) is 0 Å². The molecule has 1 fully saturated rings. The van der Waals surface area contributed by atoms with Crippen molar-refractivity contribution in [3.05, 3.63) is 35.9 Å². The highest BCUT2D eigenvalue weighted by Crippen LogP contribution is 2.26. The Morgan fingerprint density at radius 3 is 2.68 bits per heavy atom. The summed E-state index contributed by atoms with van der Waals surface area (Å²) in [5, 5.41) is 3.53. The summed E-state index contributed by atoms with van der Waals surface area (Å²) in [6.45, 7) is 0.991. The van der Waals surface area contributed by atoms with Crippen LogP contribution in [0.15, 0.2) is 30.3 Å². The summed E-state index contributed by atoms with van der Waals surface area (Å²) < 4.78 is 5.01. The van der Waals surface area contributed by atoms with Gasteiger partial charge in [0, 0.05) is 6.04 Å². The molecule has 0 aliphatic carbocycles. The van der Waals surface area contributed by atoms with Gasteiger partial charge in [-0.1, -0.05) is 49.6 Å². The van der Waals surface area contributed by atoms with Crippen LogP contribution in [0.4, 0.5) is 0 Å². The fourth-order valence-electron chi connectivity index (χ4n) is 2.84. The van der Waals surface area contributed by atoms with Crippen molar-refractivity contribution >= 4 is 5.97 Å². The third-order valence-electron chi connectivity index (χ3n) is 3.86. The van der Waals surface area contributed by atoms with Crippen molar-refractivity contribution < 1.29 is 9.53 Å². The van der Waals surface area contributed by atoms with E-state index in [0.717, 1.165) is 18.5 Å². The Balaban J connectivity index is 2.18. The van der Waals surface area contributed by atoms with E-state index >= 15 is 0 Å². The number of carbonyl (C=O) groups is 1. The summed E-state index contributed by atoms with van der Waals surface area (Å²) in [5.41, 5.74) is 1.05. The van der Waals surface area contributed by atoms with Crippen LogP contribution >= 0.6 is 0 Å². The fraction of sp³-hybridized carbons (Fsp3) is 0.562. The molecule has 0 amide bonds. The van der Waals surface area contributed by atoms with Crippen LogP contribution in [0, 0.1) is 0 Å². The van der Waals surface area contributed by atoms with E-state index in [2.05, 4.69) is 5.32 Å². The molecule has 0 bridgehead atoms. The molecule has 0 unspecified atom stereocenters. The maximum absolute atomic E-state index is 12.1. The van der Waals surface area contributed by atoms with Gasteiger partial charge >= 0.3 is 5.97 Å². The lowest BCUT2D eigenvalue weighted by atomic mass is 9.87. The number of rotatable bonds is 3. The second kappa shape index (κ2) is 7.29. The lowest BCUT2D eigenvalue weighted by Crippen LogP contribution is -2.40. The van der Waals surface area contributed by atoms with E-state index < -0.39 is 0 Å². The summed E-state index contributed by atoms with van der Waals surface area (Å²) in [6.07, 6.45) is 5.96. The maximum Gasteiger partial charge on any atom is 0.314 e. The Kier molecular flexibility index (Phi) is 5.40. The average molecular weight is 261 g/mol. The molecule has 1 aliphatic heterocycles. The lowest BCUT2D eigenvalue weighted by Gasteiger charge is -2.28. The van der Waals surface area contributed by atoms with Crippen LogP contribution in [0.5, 0.6) is 0 Å². The van der Waals surface area contributed by atoms with Crippen molar-refractivity contribution in [3.8, 4) is 0 Å². The molecule has 1 aliphatic rings. The number of nitrogens with one attached hydrogen (secondary N) is 1. The Hall–Kier alpha value is -1.35. The largest absolute Gasteiger partial charge is 0.469 e. The third kappa shape index (κ3) is 3.80. The zero-order valence-corrected chi connectivity index (χ0v) is 11.6. The van der Waals surface area contributed by atoms with Crippen LogP contribution < -0.4 is 5.32 Å². The fourth-order valence-corrected chi connectivity index (χ4v) is 2.84. The van der Waals surface area contributed by atoms with Gasteiger partial charge in [0.1, 0.15) is 0 Å². The van der Waals surface area contributed by atoms with E-state index in [-0.39, 0.29) is 17.9 Å². The second-order valence-electron chi connectivity index (χ2n) is 5.18. The quantitative estimate of drug-likeness (QED) is 0.850. The summed E-state index contributed by atoms with van der Waals surface area (Å²) in [5.74, 6) is -0.325. The number of ether oxygens (including phenoxy) is 1. The van der Waals surface area contributed by atoms with Gasteiger partial charge in [0.25, 0.3) is 0 Å². The number of esters is 1. The minimum atomic E-state index is -0.190. The van der Waals surface area contributed by atoms with Crippen molar-refractivity contribution in [1.82, 2.24) is 5.32 Å². The van der Waals surface area contributed by atoms with Gasteiger partial charge in [-0.2, -0.15) is 0 Å². The molecule has 104 valence electrons. The van der Waals surface area contributed by atoms with Crippen molar-refractivity contribution in [2.45, 2.75) is 44.1 Å². The van der Waals surface area contributed by atoms with Gasteiger partial charge in [0.2, 0.25) is 0 Å². The number of benzene rings is 1. The van der Waals surface area contributed by atoms with Gasteiger partial charge in [-0.25, -0.2) is 0 Å². The molecular formula is C16H23NO2. The average Bonchev–Trinajstić information content (AvgIpc) is 2.42. The Bertz CT molecular complexity index is 383. The smallest absolute Gasteiger partial charge is 0.314 e. The maximum atomic E-state index is 12.1. The monoisotopic (exact) mass is 261 g/mol. The normalized spacial score (nSPS) is 22.1. The summed E-state index contributed by atoms with van der Waals surface area (Å²) >= 11 is 0. The highest BCUT2D eigenvalue weighted by Gasteiger charge is 2.30. The van der Waals surface area contributed by atoms with Crippen LogP contribution in [0.2, 0.25) is 0 Å². The molecule has 3 nitrogen and oxygen atoms in total. The van der Waals surface area contributed by atoms with Crippen molar-refractivity contribution in [3.63, 3.8) is 0 Å². The zero-order valence-electron chi connectivity index (χ0n) is 11.6. The van der Waals surface area contributed by atoms with Gasteiger partial charge < -0.3 is 10.1 Å². The summed E-state index contributed by atoms with van der Waals surface area (Å²) in [4.78, 5) is 12.1. The number of hydrogen-bond donors (Lipinski definition) is 1. The number of hydrogen-bond acceptors (Lipinski definition) is 3. The molecule has 2 rings (SSSR count). The molecule has 1 aromatic rings. The van der Waals surface area contributed by atoms with E-state index in [1.165, 1.54) is 32.8 Å². The van der Waals surface area contributed by atoms with Gasteiger partial charge in [-0.05, 0) is 24.9 Å². The first-order valence-electron chi connectivity index (χ1n) is 7.19. The minimum absolute atomic E-state index is 0.135. The van der Waals surface area contributed by atoms with Crippen LogP contribution in [-0.4, -0.2) is 25.7 Å². The molecule has 0 spiro atoms. The molecule has 0 radical (unpaired) electrons. The molecule has 1 N–H and O–H groups in total. The standard InChI is InChI=1S/C16H23NO2/c1-19-16(18)15(13-9-5-4-6-10-13)14-11-7-2-3-8-12-17-14/h4-6,9-10,14-15,17H,2-3,7-8,11-12H2,1H3/t14-,15-/m1/s1. The molecule has 1 heterocycles. The van der Waals surface area contributed by atoms with Crippen LogP contribution in [0.3, 0.4) is 0 Å². The van der Waals surface area contributed by atoms with Crippen LogP contribution in [0.25, 0.3) is 0 Å². The van der Waals surface area contributed by atoms with Crippen molar-refractivity contribution in [2.24, 2.45) is 0 Å². The van der Waals surface area contributed by atoms with E-state index in [9.17, 15) is 4.79 Å². The summed E-state index contributed by atoms with van der Waals surface area (Å²) in [7, 11) is 1.47. The van der Waals surface area contributed by atoms with Gasteiger partial charge in [-0.15, -0.1) is 0 Å². The first kappa shape index (κ1) is 14.1. The molecule has 3 heteroatoms. The van der Waals surface area contributed by atoms with Gasteiger partial charge in [-0.3, -0.25) is 4.79 Å². The highest BCUT2D eigenvalue weighted by atomic mass is 16.5. The van der Waals surface area contributed by atoms with E-state index in [4.69, 9.17) is 4.74 Å². The molecule has 0 saturated carbocycles. The van der Waals surface area contributed by atoms with E-state index in [1.54, 1.807) is 0 Å². The van der Waals surface area contributed by atoms with Crippen LogP contribution in [-0.2, 0) is 9.53 Å². The zero-order chi connectivity index (χ0) is 13.5. The topological polar surface area (TPSA) is 38.3 Å². The summed E-state index contributed by atoms with van der Waals surface area (Å²) in [6, 6.07) is 10.2. The van der Waals surface area contributed by atoms with Gasteiger partial charge in [0.15, 0.2) is 0 Å². The Morgan fingerprint density at radius 2 is 1.95 bits per heavy atom. The number of carbonyl (C=O) groups excluding carboxylic acids is 1. The lowest BCUT2D eigenvalue weighted by molar-refractivity contribution is -0.143. The van der Waals surface area contributed by atoms with E-state index in [1.807, 2.05) is 30.3 Å². The third-order valence-corrected chi connectivity index (χ3v) is 3.86.